The first-order valence-electron chi connectivity index (χ1n) is 16.2. The smallest absolute Gasteiger partial charge is 0.349 e. The molecule has 2 aliphatic rings. The average Bonchev–Trinajstić information content (AvgIpc) is 3.93. The van der Waals surface area contributed by atoms with Gasteiger partial charge in [-0.2, -0.15) is 0 Å². The van der Waals surface area contributed by atoms with E-state index < -0.39 is 17.7 Å². The van der Waals surface area contributed by atoms with Gasteiger partial charge in [-0.05, 0) is 85.3 Å². The van der Waals surface area contributed by atoms with Crippen molar-refractivity contribution in [3.63, 3.8) is 0 Å². The molecule has 0 saturated heterocycles. The minimum atomic E-state index is -1.79. The number of aromatic nitrogens is 1. The lowest BCUT2D eigenvalue weighted by Gasteiger charge is -2.32. The zero-order chi connectivity index (χ0) is 33.4. The minimum absolute atomic E-state index is 0.00566. The third-order valence-corrected chi connectivity index (χ3v) is 12.8. The van der Waals surface area contributed by atoms with Crippen LogP contribution in [0.1, 0.15) is 51.8 Å². The summed E-state index contributed by atoms with van der Waals surface area (Å²) in [7, 11) is 2.15. The van der Waals surface area contributed by atoms with Crippen LogP contribution in [-0.2, 0) is 28.1 Å². The molecule has 9 nitrogen and oxygen atoms in total. The number of aliphatic hydroxyl groups is 2. The molecule has 3 heterocycles. The zero-order valence-corrected chi connectivity index (χ0v) is 29.0. The summed E-state index contributed by atoms with van der Waals surface area (Å²) < 4.78 is 6.81. The van der Waals surface area contributed by atoms with E-state index in [1.54, 1.807) is 18.2 Å². The highest BCUT2D eigenvalue weighted by Crippen LogP contribution is 2.50. The van der Waals surface area contributed by atoms with Crippen molar-refractivity contribution in [2.24, 2.45) is 11.8 Å². The van der Waals surface area contributed by atoms with Crippen LogP contribution in [0, 0.1) is 11.8 Å². The second-order valence-corrected chi connectivity index (χ2v) is 15.8. The van der Waals surface area contributed by atoms with E-state index in [-0.39, 0.29) is 34.6 Å². The van der Waals surface area contributed by atoms with Crippen molar-refractivity contribution < 1.29 is 24.9 Å². The van der Waals surface area contributed by atoms with Crippen LogP contribution < -0.4 is 10.2 Å². The molecule has 0 spiro atoms. The number of benzene rings is 2. The average molecular weight is 706 g/mol. The number of carbonyl (C=O) groups excluding carboxylic acids is 1. The van der Waals surface area contributed by atoms with Crippen molar-refractivity contribution in [3.8, 4) is 5.75 Å². The van der Waals surface area contributed by atoms with E-state index in [9.17, 15) is 24.9 Å². The molecule has 2 fully saturated rings. The molecule has 5 N–H and O–H groups in total. The number of hydrogen-bond donors (Lipinski definition) is 5. The predicted octanol–water partition coefficient (Wildman–Crippen LogP) is 5.36. The summed E-state index contributed by atoms with van der Waals surface area (Å²) in [5.41, 5.74) is 1.59. The number of aliphatic hydroxyl groups excluding tert-OH is 1. The van der Waals surface area contributed by atoms with E-state index in [0.717, 1.165) is 43.6 Å². The monoisotopic (exact) mass is 705 g/mol. The summed E-state index contributed by atoms with van der Waals surface area (Å²) in [6.07, 6.45) is 2.77. The molecule has 2 bridgehead atoms. The van der Waals surface area contributed by atoms with Crippen LogP contribution in [0.4, 0.5) is 0 Å². The highest BCUT2D eigenvalue weighted by atomic mass is 32.1. The number of hydrogen-bond acceptors (Lipinski definition) is 11. The zero-order valence-electron chi connectivity index (χ0n) is 26.5. The van der Waals surface area contributed by atoms with Crippen LogP contribution in [0.3, 0.4) is 0 Å². The first-order valence-corrected chi connectivity index (χ1v) is 18.8. The molecule has 2 aliphatic carbocycles. The molecule has 3 aromatic heterocycles. The van der Waals surface area contributed by atoms with Gasteiger partial charge >= 0.3 is 10.8 Å². The maximum absolute atomic E-state index is 13.7. The number of aromatic amines is 1. The molecule has 48 heavy (non-hydrogen) atoms. The van der Waals surface area contributed by atoms with Gasteiger partial charge in [-0.1, -0.05) is 53.8 Å². The van der Waals surface area contributed by atoms with Gasteiger partial charge in [-0.3, -0.25) is 9.69 Å². The van der Waals surface area contributed by atoms with Crippen LogP contribution in [0.5, 0.6) is 5.75 Å². The maximum atomic E-state index is 13.7. The number of thiophene rings is 2. The second-order valence-electron chi connectivity index (χ2n) is 12.9. The van der Waals surface area contributed by atoms with Crippen molar-refractivity contribution in [2.45, 2.75) is 56.1 Å². The van der Waals surface area contributed by atoms with Gasteiger partial charge in [0.25, 0.3) is 0 Å². The van der Waals surface area contributed by atoms with Crippen molar-refractivity contribution in [3.05, 3.63) is 108 Å². The molecular formula is C36H39N3O6S3. The summed E-state index contributed by atoms with van der Waals surface area (Å²) in [4.78, 5) is 31.4. The molecule has 4 unspecified atom stereocenters. The number of rotatable bonds is 13. The van der Waals surface area contributed by atoms with Gasteiger partial charge in [0.05, 0.1) is 20.6 Å². The summed E-state index contributed by atoms with van der Waals surface area (Å²) in [6.45, 7) is 1.77. The quantitative estimate of drug-likeness (QED) is 0.0817. The Kier molecular flexibility index (Phi) is 9.58. The molecule has 0 radical (unpaired) electrons. The first kappa shape index (κ1) is 33.2. The van der Waals surface area contributed by atoms with Crippen molar-refractivity contribution in [1.29, 1.82) is 0 Å². The van der Waals surface area contributed by atoms with Crippen molar-refractivity contribution >= 4 is 50.2 Å². The van der Waals surface area contributed by atoms with Crippen LogP contribution in [0.15, 0.2) is 76.2 Å². The molecule has 252 valence electrons. The van der Waals surface area contributed by atoms with E-state index in [1.807, 2.05) is 22.9 Å². The normalized spacial score (nSPS) is 21.3. The van der Waals surface area contributed by atoms with Crippen LogP contribution in [0.25, 0.3) is 10.2 Å². The number of phenols is 1. The second kappa shape index (κ2) is 13.9. The summed E-state index contributed by atoms with van der Waals surface area (Å²) in [5, 5.41) is 39.7. The van der Waals surface area contributed by atoms with Gasteiger partial charge in [-0.25, -0.2) is 4.79 Å². The van der Waals surface area contributed by atoms with Crippen molar-refractivity contribution in [2.75, 3.05) is 20.1 Å². The molecule has 0 amide bonds. The predicted molar refractivity (Wildman–Crippen MR) is 190 cm³/mol. The van der Waals surface area contributed by atoms with Gasteiger partial charge in [0, 0.05) is 30.6 Å². The number of thiazole rings is 1. The molecular weight excluding hydrogens is 667 g/mol. The Balaban J connectivity index is 0.936. The molecule has 7 rings (SSSR count). The third kappa shape index (κ3) is 6.38. The van der Waals surface area contributed by atoms with E-state index in [0.29, 0.717) is 38.6 Å². The Morgan fingerprint density at radius 1 is 1.08 bits per heavy atom. The largest absolute Gasteiger partial charge is 0.506 e. The van der Waals surface area contributed by atoms with Crippen LogP contribution >= 0.6 is 34.0 Å². The Morgan fingerprint density at radius 3 is 2.56 bits per heavy atom. The fourth-order valence-corrected chi connectivity index (χ4v) is 10.2. The Labute approximate surface area is 290 Å². The van der Waals surface area contributed by atoms with Gasteiger partial charge in [0.1, 0.15) is 17.4 Å². The topological polar surface area (TPSA) is 135 Å². The molecule has 2 aromatic carbocycles. The number of aromatic hydroxyl groups is 1. The lowest BCUT2D eigenvalue weighted by Crippen LogP contribution is -2.41. The summed E-state index contributed by atoms with van der Waals surface area (Å²) in [6, 6.07) is 19.3. The standard InChI is InChI=1S/C36H39N3O6S3/c1-39(26-18-23-9-10-24(26)32(23)45-34(42)36(44,29-7-3-15-46-29)30-8-4-16-47-30)20-22-6-2-5-21(17-22)13-14-37-19-28(41)25-11-12-27(40)31-33(25)48-35(43)38-31/h2-8,11-12,15-17,23-24,26,28,32,37,40-41,44H,9-10,13-14,18-20H2,1H3,(H,38,43)/t23?,24?,26?,28-,32?/m0/s1. The van der Waals surface area contributed by atoms with E-state index in [1.165, 1.54) is 39.9 Å². The van der Waals surface area contributed by atoms with Gasteiger partial charge < -0.3 is 30.4 Å². The Morgan fingerprint density at radius 2 is 1.83 bits per heavy atom. The third-order valence-electron chi connectivity index (χ3n) is 9.95. The number of esters is 1. The number of carbonyl (C=O) groups is 1. The summed E-state index contributed by atoms with van der Waals surface area (Å²) >= 11 is 3.71. The van der Waals surface area contributed by atoms with Gasteiger partial charge in [0.15, 0.2) is 0 Å². The maximum Gasteiger partial charge on any atom is 0.349 e. The van der Waals surface area contributed by atoms with Crippen LogP contribution in [0.2, 0.25) is 0 Å². The van der Waals surface area contributed by atoms with Crippen LogP contribution in [-0.4, -0.2) is 63.5 Å². The highest BCUT2D eigenvalue weighted by Gasteiger charge is 2.54. The number of nitrogens with one attached hydrogen (secondary N) is 2. The summed E-state index contributed by atoms with van der Waals surface area (Å²) in [5.74, 6) is -0.0767. The van der Waals surface area contributed by atoms with Crippen molar-refractivity contribution in [1.82, 2.24) is 15.2 Å². The SMILES string of the molecule is CN(Cc1cccc(CCNC[C@H](O)c2ccc(O)c3[nH]c(=O)sc23)c1)C1CC2CCC1C2OC(=O)C(O)(c1cccs1)c1cccs1. The van der Waals surface area contributed by atoms with E-state index in [2.05, 4.69) is 46.5 Å². The number of nitrogens with zero attached hydrogens (tertiary/aromatic N) is 1. The lowest BCUT2D eigenvalue weighted by atomic mass is 9.94. The number of ether oxygens (including phenoxy) is 1. The molecule has 5 aromatic rings. The van der Waals surface area contributed by atoms with Gasteiger partial charge in [0.2, 0.25) is 5.60 Å². The van der Waals surface area contributed by atoms with Gasteiger partial charge in [-0.15, -0.1) is 22.7 Å². The number of phenolic OH excluding ortho intramolecular Hbond substituents is 1. The van der Waals surface area contributed by atoms with E-state index >= 15 is 0 Å². The fourth-order valence-electron chi connectivity index (χ4n) is 7.60. The lowest BCUT2D eigenvalue weighted by molar-refractivity contribution is -0.170. The first-order chi connectivity index (χ1) is 23.2. The number of H-pyrrole nitrogens is 1. The molecule has 2 saturated carbocycles. The Hall–Kier alpha value is -3.36. The molecule has 12 heteroatoms. The fraction of sp³-hybridized carbons (Fsp3) is 0.389. The highest BCUT2D eigenvalue weighted by molar-refractivity contribution is 7.16. The minimum Gasteiger partial charge on any atom is -0.506 e. The molecule has 0 aliphatic heterocycles. The molecule has 5 atom stereocenters. The van der Waals surface area contributed by atoms with E-state index in [4.69, 9.17) is 4.74 Å². The number of fused-ring (bicyclic) bond motifs is 3. The Bertz CT molecular complexity index is 1890.